The van der Waals surface area contributed by atoms with Gasteiger partial charge in [-0.25, -0.2) is 4.39 Å². The zero-order valence-electron chi connectivity index (χ0n) is 8.83. The van der Waals surface area contributed by atoms with Crippen LogP contribution < -0.4 is 11.1 Å². The molecule has 1 unspecified atom stereocenters. The van der Waals surface area contributed by atoms with Crippen LogP contribution in [0.5, 0.6) is 0 Å². The first-order valence-corrected chi connectivity index (χ1v) is 5.10. The number of aliphatic hydroxyl groups is 1. The molecule has 0 aromatic heterocycles. The summed E-state index contributed by atoms with van der Waals surface area (Å²) in [5.41, 5.74) is 6.70. The molecule has 1 rings (SSSR count). The Morgan fingerprint density at radius 2 is 2.27 bits per heavy atom. The summed E-state index contributed by atoms with van der Waals surface area (Å²) in [7, 11) is 0. The molecule has 0 fully saturated rings. The lowest BCUT2D eigenvalue weighted by molar-refractivity contribution is 0.164. The molecule has 0 aliphatic rings. The number of benzene rings is 1. The third-order valence-electron chi connectivity index (χ3n) is 2.28. The largest absolute Gasteiger partial charge is 0.397 e. The average molecular weight is 212 g/mol. The Hall–Kier alpha value is -1.29. The van der Waals surface area contributed by atoms with Gasteiger partial charge < -0.3 is 16.2 Å². The molecule has 0 spiro atoms. The molecule has 4 heteroatoms. The summed E-state index contributed by atoms with van der Waals surface area (Å²) in [5.74, 6) is -0.341. The van der Waals surface area contributed by atoms with Crippen molar-refractivity contribution in [2.45, 2.75) is 25.9 Å². The molecular formula is C11H17FN2O. The number of anilines is 2. The van der Waals surface area contributed by atoms with E-state index in [4.69, 9.17) is 5.73 Å². The molecule has 3 nitrogen and oxygen atoms in total. The van der Waals surface area contributed by atoms with Gasteiger partial charge in [0.15, 0.2) is 0 Å². The molecule has 0 aliphatic heterocycles. The second kappa shape index (κ2) is 5.56. The van der Waals surface area contributed by atoms with Crippen LogP contribution in [0.1, 0.15) is 19.8 Å². The van der Waals surface area contributed by atoms with Crippen molar-refractivity contribution >= 4 is 11.4 Å². The minimum absolute atomic E-state index is 0.292. The van der Waals surface area contributed by atoms with Gasteiger partial charge in [0.2, 0.25) is 0 Å². The molecule has 1 atom stereocenters. The second-order valence-electron chi connectivity index (χ2n) is 3.51. The quantitative estimate of drug-likeness (QED) is 0.654. The van der Waals surface area contributed by atoms with Crippen LogP contribution in [0.2, 0.25) is 0 Å². The molecule has 0 radical (unpaired) electrons. The first-order chi connectivity index (χ1) is 7.13. The van der Waals surface area contributed by atoms with Crippen molar-refractivity contribution in [1.29, 1.82) is 0 Å². The lowest BCUT2D eigenvalue weighted by Crippen LogP contribution is -2.13. The highest BCUT2D eigenvalue weighted by Gasteiger charge is 2.02. The highest BCUT2D eigenvalue weighted by atomic mass is 19.1. The van der Waals surface area contributed by atoms with E-state index in [2.05, 4.69) is 5.32 Å². The van der Waals surface area contributed by atoms with E-state index in [-0.39, 0.29) is 11.9 Å². The maximum Gasteiger partial charge on any atom is 0.125 e. The van der Waals surface area contributed by atoms with E-state index in [0.29, 0.717) is 24.3 Å². The van der Waals surface area contributed by atoms with Gasteiger partial charge >= 0.3 is 0 Å². The average Bonchev–Trinajstić information content (AvgIpc) is 2.21. The SMILES string of the molecule is CCC(O)CCNc1ccc(F)cc1N. The minimum atomic E-state index is -0.341. The summed E-state index contributed by atoms with van der Waals surface area (Å²) >= 11 is 0. The van der Waals surface area contributed by atoms with Gasteiger partial charge in [-0.05, 0) is 31.0 Å². The van der Waals surface area contributed by atoms with E-state index < -0.39 is 0 Å². The van der Waals surface area contributed by atoms with Gasteiger partial charge in [0.05, 0.1) is 17.5 Å². The summed E-state index contributed by atoms with van der Waals surface area (Å²) in [6.45, 7) is 2.56. The Morgan fingerprint density at radius 1 is 1.53 bits per heavy atom. The van der Waals surface area contributed by atoms with Crippen molar-refractivity contribution in [3.8, 4) is 0 Å². The maximum absolute atomic E-state index is 12.7. The number of nitrogens with one attached hydrogen (secondary N) is 1. The summed E-state index contributed by atoms with van der Waals surface area (Å²) in [4.78, 5) is 0. The van der Waals surface area contributed by atoms with Gasteiger partial charge in [0.1, 0.15) is 5.82 Å². The highest BCUT2D eigenvalue weighted by Crippen LogP contribution is 2.18. The number of nitrogens with two attached hydrogens (primary N) is 1. The Balaban J connectivity index is 2.44. The maximum atomic E-state index is 12.7. The van der Waals surface area contributed by atoms with Crippen molar-refractivity contribution in [3.05, 3.63) is 24.0 Å². The van der Waals surface area contributed by atoms with E-state index in [0.717, 1.165) is 6.42 Å². The molecule has 0 heterocycles. The van der Waals surface area contributed by atoms with Gasteiger partial charge in [-0.15, -0.1) is 0 Å². The highest BCUT2D eigenvalue weighted by molar-refractivity contribution is 5.65. The monoisotopic (exact) mass is 212 g/mol. The second-order valence-corrected chi connectivity index (χ2v) is 3.51. The van der Waals surface area contributed by atoms with Crippen LogP contribution >= 0.6 is 0 Å². The molecule has 4 N–H and O–H groups in total. The summed E-state index contributed by atoms with van der Waals surface area (Å²) in [6, 6.07) is 4.23. The molecule has 0 amide bonds. The Bertz CT molecular complexity index is 317. The molecule has 0 saturated carbocycles. The van der Waals surface area contributed by atoms with Gasteiger partial charge in [-0.1, -0.05) is 6.92 Å². The number of nitrogen functional groups attached to an aromatic ring is 1. The summed E-state index contributed by atoms with van der Waals surface area (Å²) in [5, 5.41) is 12.4. The van der Waals surface area contributed by atoms with E-state index in [1.54, 1.807) is 6.07 Å². The molecule has 1 aromatic rings. The lowest BCUT2D eigenvalue weighted by atomic mass is 10.2. The van der Waals surface area contributed by atoms with E-state index in [9.17, 15) is 9.50 Å². The molecule has 0 aliphatic carbocycles. The van der Waals surface area contributed by atoms with Gasteiger partial charge in [0.25, 0.3) is 0 Å². The fourth-order valence-corrected chi connectivity index (χ4v) is 1.27. The first-order valence-electron chi connectivity index (χ1n) is 5.10. The van der Waals surface area contributed by atoms with Gasteiger partial charge in [-0.2, -0.15) is 0 Å². The van der Waals surface area contributed by atoms with Crippen LogP contribution in [-0.4, -0.2) is 17.8 Å². The van der Waals surface area contributed by atoms with Crippen molar-refractivity contribution in [2.24, 2.45) is 0 Å². The molecule has 0 bridgehead atoms. The van der Waals surface area contributed by atoms with Crippen LogP contribution in [0.15, 0.2) is 18.2 Å². The number of halogens is 1. The molecular weight excluding hydrogens is 195 g/mol. The van der Waals surface area contributed by atoms with Crippen molar-refractivity contribution in [1.82, 2.24) is 0 Å². The van der Waals surface area contributed by atoms with Crippen molar-refractivity contribution < 1.29 is 9.50 Å². The number of rotatable bonds is 5. The first kappa shape index (κ1) is 11.8. The van der Waals surface area contributed by atoms with E-state index in [1.165, 1.54) is 12.1 Å². The number of aliphatic hydroxyl groups excluding tert-OH is 1. The van der Waals surface area contributed by atoms with Crippen LogP contribution in [0.4, 0.5) is 15.8 Å². The van der Waals surface area contributed by atoms with E-state index in [1.807, 2.05) is 6.92 Å². The third kappa shape index (κ3) is 3.75. The summed E-state index contributed by atoms with van der Waals surface area (Å²) < 4.78 is 12.7. The van der Waals surface area contributed by atoms with Crippen LogP contribution in [0.25, 0.3) is 0 Å². The topological polar surface area (TPSA) is 58.3 Å². The van der Waals surface area contributed by atoms with Crippen molar-refractivity contribution in [3.63, 3.8) is 0 Å². The van der Waals surface area contributed by atoms with E-state index >= 15 is 0 Å². The molecule has 0 saturated heterocycles. The van der Waals surface area contributed by atoms with Crippen molar-refractivity contribution in [2.75, 3.05) is 17.6 Å². The normalized spacial score (nSPS) is 12.5. The minimum Gasteiger partial charge on any atom is -0.397 e. The lowest BCUT2D eigenvalue weighted by Gasteiger charge is -2.11. The predicted molar refractivity (Wildman–Crippen MR) is 60.2 cm³/mol. The fraction of sp³-hybridized carbons (Fsp3) is 0.455. The Kier molecular flexibility index (Phi) is 4.37. The van der Waals surface area contributed by atoms with Gasteiger partial charge in [0, 0.05) is 6.54 Å². The number of hydrogen-bond acceptors (Lipinski definition) is 3. The molecule has 1 aromatic carbocycles. The fourth-order valence-electron chi connectivity index (χ4n) is 1.27. The third-order valence-corrected chi connectivity index (χ3v) is 2.28. The van der Waals surface area contributed by atoms with Crippen LogP contribution in [-0.2, 0) is 0 Å². The molecule has 84 valence electrons. The number of hydrogen-bond donors (Lipinski definition) is 3. The zero-order chi connectivity index (χ0) is 11.3. The van der Waals surface area contributed by atoms with Crippen LogP contribution in [0, 0.1) is 5.82 Å². The molecule has 15 heavy (non-hydrogen) atoms. The Labute approximate surface area is 89.1 Å². The summed E-state index contributed by atoms with van der Waals surface area (Å²) in [6.07, 6.45) is 1.10. The van der Waals surface area contributed by atoms with Gasteiger partial charge in [-0.3, -0.25) is 0 Å². The van der Waals surface area contributed by atoms with Crippen LogP contribution in [0.3, 0.4) is 0 Å². The zero-order valence-corrected chi connectivity index (χ0v) is 8.83. The predicted octanol–water partition coefficient (Wildman–Crippen LogP) is 1.98. The smallest absolute Gasteiger partial charge is 0.125 e. The Morgan fingerprint density at radius 3 is 2.87 bits per heavy atom. The standard InChI is InChI=1S/C11H17FN2O/c1-2-9(15)5-6-14-11-4-3-8(12)7-10(11)13/h3-4,7,9,14-15H,2,5-6,13H2,1H3.